The molecule has 2 aliphatic carbocycles. The van der Waals surface area contributed by atoms with Crippen molar-refractivity contribution >= 4 is 23.2 Å². The molecule has 200 valence electrons. The van der Waals surface area contributed by atoms with Gasteiger partial charge in [-0.3, -0.25) is 29.8 Å². The van der Waals surface area contributed by atoms with Gasteiger partial charge in [-0.2, -0.15) is 0 Å². The highest BCUT2D eigenvalue weighted by Crippen LogP contribution is 2.61. The summed E-state index contributed by atoms with van der Waals surface area (Å²) in [6, 6.07) is 12.6. The van der Waals surface area contributed by atoms with Crippen LogP contribution >= 0.6 is 0 Å². The normalized spacial score (nSPS) is 32.0. The van der Waals surface area contributed by atoms with Crippen molar-refractivity contribution in [3.63, 3.8) is 0 Å². The quantitative estimate of drug-likeness (QED) is 0.403. The van der Waals surface area contributed by atoms with E-state index < -0.39 is 20.7 Å². The van der Waals surface area contributed by atoms with Crippen LogP contribution in [0.1, 0.15) is 63.5 Å². The van der Waals surface area contributed by atoms with Crippen LogP contribution in [-0.4, -0.2) is 56.6 Å². The Morgan fingerprint density at radius 2 is 1.03 bits per heavy atom. The minimum Gasteiger partial charge on any atom is -0.336 e. The molecule has 10 nitrogen and oxygen atoms in total. The van der Waals surface area contributed by atoms with Gasteiger partial charge in [-0.25, -0.2) is 0 Å². The molecule has 38 heavy (non-hydrogen) atoms. The molecular formula is C28H32N4O6. The fourth-order valence-electron chi connectivity index (χ4n) is 6.18. The van der Waals surface area contributed by atoms with E-state index in [1.807, 2.05) is 37.5 Å². The second-order valence-corrected chi connectivity index (χ2v) is 11.7. The van der Waals surface area contributed by atoms with Gasteiger partial charge in [0.25, 0.3) is 11.4 Å². The molecule has 1 saturated heterocycles. The van der Waals surface area contributed by atoms with E-state index in [1.54, 1.807) is 24.3 Å². The summed E-state index contributed by atoms with van der Waals surface area (Å²) >= 11 is 0. The Hall–Kier alpha value is -3.82. The van der Waals surface area contributed by atoms with Crippen LogP contribution in [0, 0.1) is 31.1 Å². The van der Waals surface area contributed by atoms with Crippen LogP contribution in [0.2, 0.25) is 0 Å². The Morgan fingerprint density at radius 3 is 1.32 bits per heavy atom. The highest BCUT2D eigenvalue weighted by atomic mass is 16.6. The third-order valence-electron chi connectivity index (χ3n) is 8.97. The predicted molar refractivity (Wildman–Crippen MR) is 139 cm³/mol. The molecule has 2 aromatic carbocycles. The van der Waals surface area contributed by atoms with E-state index in [-0.39, 0.29) is 47.1 Å². The number of hydrogen-bond donors (Lipinski definition) is 0. The van der Waals surface area contributed by atoms with Crippen molar-refractivity contribution in [1.82, 2.24) is 9.80 Å². The van der Waals surface area contributed by atoms with Crippen LogP contribution in [-0.2, 0) is 9.59 Å². The van der Waals surface area contributed by atoms with Crippen molar-refractivity contribution in [3.05, 3.63) is 79.9 Å². The molecule has 0 aromatic heterocycles. The molecule has 0 radical (unpaired) electrons. The average Bonchev–Trinajstić information content (AvgIpc) is 3.79. The van der Waals surface area contributed by atoms with Gasteiger partial charge in [0.1, 0.15) is 0 Å². The third kappa shape index (κ3) is 4.21. The van der Waals surface area contributed by atoms with Gasteiger partial charge < -0.3 is 9.80 Å². The van der Waals surface area contributed by atoms with E-state index >= 15 is 0 Å². The van der Waals surface area contributed by atoms with E-state index in [1.165, 1.54) is 24.3 Å². The Bertz CT molecular complexity index is 1210. The summed E-state index contributed by atoms with van der Waals surface area (Å²) in [5.41, 5.74) is 0.816. The molecular weight excluding hydrogens is 488 g/mol. The maximum Gasteiger partial charge on any atom is 0.269 e. The Morgan fingerprint density at radius 1 is 0.711 bits per heavy atom. The summed E-state index contributed by atoms with van der Waals surface area (Å²) in [7, 11) is 0. The van der Waals surface area contributed by atoms with Crippen LogP contribution in [0.25, 0.3) is 0 Å². The standard InChI is InChI=1S/C28H32N4O6/c1-17-15-30(26(34)28(4)14-24(28)20-7-11-22(12-8-20)32(37)38)18(2)16-29(17)25(33)27(3)13-23(27)19-5-9-21(10-6-19)31(35)36/h5-12,17-18,23-24H,13-16H2,1-4H3/t17-,18-,23?,24?,27?,28?/m1/s1. The van der Waals surface area contributed by atoms with E-state index in [4.69, 9.17) is 0 Å². The van der Waals surface area contributed by atoms with Crippen LogP contribution in [0.3, 0.4) is 0 Å². The zero-order valence-electron chi connectivity index (χ0n) is 22.0. The fourth-order valence-corrected chi connectivity index (χ4v) is 6.18. The Balaban J connectivity index is 1.23. The molecule has 5 rings (SSSR count). The van der Waals surface area contributed by atoms with Crippen LogP contribution in [0.4, 0.5) is 11.4 Å². The maximum absolute atomic E-state index is 13.7. The van der Waals surface area contributed by atoms with E-state index in [0.717, 1.165) is 11.1 Å². The molecule has 3 fully saturated rings. The lowest BCUT2D eigenvalue weighted by Crippen LogP contribution is -2.61. The molecule has 2 saturated carbocycles. The minimum atomic E-state index is -0.556. The molecule has 0 bridgehead atoms. The number of amides is 2. The minimum absolute atomic E-state index is 0.0193. The van der Waals surface area contributed by atoms with Gasteiger partial charge in [-0.15, -0.1) is 0 Å². The highest BCUT2D eigenvalue weighted by molar-refractivity contribution is 5.89. The lowest BCUT2D eigenvalue weighted by Gasteiger charge is -2.46. The largest absolute Gasteiger partial charge is 0.336 e. The summed E-state index contributed by atoms with van der Waals surface area (Å²) in [6.07, 6.45) is 1.39. The van der Waals surface area contributed by atoms with Crippen LogP contribution in [0.5, 0.6) is 0 Å². The van der Waals surface area contributed by atoms with Gasteiger partial charge in [0.05, 0.1) is 20.7 Å². The predicted octanol–water partition coefficient (Wildman–Crippen LogP) is 4.64. The molecule has 1 aliphatic heterocycles. The zero-order valence-corrected chi connectivity index (χ0v) is 22.0. The summed E-state index contributed by atoms with van der Waals surface area (Å²) in [4.78, 5) is 52.2. The number of nitrogens with zero attached hydrogens (tertiary/aromatic N) is 4. The third-order valence-corrected chi connectivity index (χ3v) is 8.97. The first-order valence-corrected chi connectivity index (χ1v) is 13.0. The molecule has 4 unspecified atom stereocenters. The summed E-state index contributed by atoms with van der Waals surface area (Å²) in [6.45, 7) is 8.76. The number of nitro benzene ring substituents is 2. The summed E-state index contributed by atoms with van der Waals surface area (Å²) in [5, 5.41) is 21.9. The molecule has 2 aromatic rings. The molecule has 6 atom stereocenters. The first kappa shape index (κ1) is 25.8. The number of carbonyl (C=O) groups excluding carboxylic acids is 2. The van der Waals surface area contributed by atoms with Crippen molar-refractivity contribution in [2.45, 2.75) is 64.5 Å². The smallest absolute Gasteiger partial charge is 0.269 e. The molecule has 10 heteroatoms. The SMILES string of the molecule is C[C@@H]1CN(C(=O)C2(C)CC2c2ccc([N+](=O)[O-])cc2)[C@H](C)CN1C(=O)C1(C)CC1c1ccc([N+](=O)[O-])cc1. The lowest BCUT2D eigenvalue weighted by atomic mass is 9.95. The van der Waals surface area contributed by atoms with Crippen molar-refractivity contribution in [1.29, 1.82) is 0 Å². The van der Waals surface area contributed by atoms with Crippen LogP contribution in [0.15, 0.2) is 48.5 Å². The number of nitro groups is 2. The second kappa shape index (κ2) is 8.89. The number of benzene rings is 2. The van der Waals surface area contributed by atoms with Crippen molar-refractivity contribution in [2.75, 3.05) is 13.1 Å². The molecule has 3 aliphatic rings. The summed E-state index contributed by atoms with van der Waals surface area (Å²) in [5.74, 6) is 0.166. The zero-order chi connectivity index (χ0) is 27.6. The molecule has 1 heterocycles. The number of hydrogen-bond acceptors (Lipinski definition) is 6. The van der Waals surface area contributed by atoms with Gasteiger partial charge in [0.15, 0.2) is 0 Å². The Labute approximate surface area is 220 Å². The number of non-ortho nitro benzene ring substituents is 2. The monoisotopic (exact) mass is 520 g/mol. The first-order chi connectivity index (χ1) is 17.9. The molecule has 2 amide bonds. The van der Waals surface area contributed by atoms with Crippen molar-refractivity contribution in [3.8, 4) is 0 Å². The topological polar surface area (TPSA) is 127 Å². The molecule has 0 spiro atoms. The van der Waals surface area contributed by atoms with Gasteiger partial charge in [0, 0.05) is 49.4 Å². The van der Waals surface area contributed by atoms with Gasteiger partial charge >= 0.3 is 0 Å². The number of rotatable bonds is 6. The second-order valence-electron chi connectivity index (χ2n) is 11.7. The van der Waals surface area contributed by atoms with Crippen molar-refractivity contribution < 1.29 is 19.4 Å². The lowest BCUT2D eigenvalue weighted by molar-refractivity contribution is -0.385. The highest BCUT2D eigenvalue weighted by Gasteiger charge is 2.61. The van der Waals surface area contributed by atoms with Crippen molar-refractivity contribution in [2.24, 2.45) is 10.8 Å². The number of carbonyl (C=O) groups is 2. The fraction of sp³-hybridized carbons (Fsp3) is 0.500. The maximum atomic E-state index is 13.7. The Kier molecular flexibility index (Phi) is 6.04. The first-order valence-electron chi connectivity index (χ1n) is 13.0. The summed E-state index contributed by atoms with van der Waals surface area (Å²) < 4.78 is 0. The van der Waals surface area contributed by atoms with Gasteiger partial charge in [-0.05, 0) is 49.7 Å². The van der Waals surface area contributed by atoms with Crippen LogP contribution < -0.4 is 0 Å². The van der Waals surface area contributed by atoms with Gasteiger partial charge in [-0.1, -0.05) is 38.1 Å². The molecule has 0 N–H and O–H groups in total. The number of piperazine rings is 1. The van der Waals surface area contributed by atoms with E-state index in [0.29, 0.717) is 25.9 Å². The van der Waals surface area contributed by atoms with E-state index in [9.17, 15) is 29.8 Å². The van der Waals surface area contributed by atoms with Gasteiger partial charge in [0.2, 0.25) is 11.8 Å². The van der Waals surface area contributed by atoms with E-state index in [2.05, 4.69) is 0 Å². The average molecular weight is 521 g/mol.